The molecular formula is C13H11N5O2. The summed E-state index contributed by atoms with van der Waals surface area (Å²) >= 11 is 0. The Kier molecular flexibility index (Phi) is 2.53. The molecule has 7 heteroatoms. The van der Waals surface area contributed by atoms with Crippen molar-refractivity contribution in [1.29, 1.82) is 0 Å². The maximum Gasteiger partial charge on any atom is 0.336 e. The number of carboxylic acids is 1. The molecule has 3 aromatic rings. The standard InChI is InChI=1S/C13H11N5O2/c14-13-17-16-11(18(13)15)8-5-1-3-7-4-2-6-9(10(7)8)12(19)20/h1-6H,15H2,(H2,14,17)(H,19,20). The number of aromatic nitrogens is 3. The fourth-order valence-electron chi connectivity index (χ4n) is 2.19. The number of carboxylic acid groups (broad SMARTS) is 1. The van der Waals surface area contributed by atoms with E-state index in [1.165, 1.54) is 6.07 Å². The molecule has 3 rings (SSSR count). The van der Waals surface area contributed by atoms with Gasteiger partial charge in [-0.15, -0.1) is 10.2 Å². The van der Waals surface area contributed by atoms with Crippen molar-refractivity contribution in [2.75, 3.05) is 11.6 Å². The van der Waals surface area contributed by atoms with E-state index in [0.717, 1.165) is 10.1 Å². The summed E-state index contributed by atoms with van der Waals surface area (Å²) in [4.78, 5) is 11.4. The highest BCUT2D eigenvalue weighted by Gasteiger charge is 2.17. The van der Waals surface area contributed by atoms with Crippen LogP contribution in [0.2, 0.25) is 0 Å². The van der Waals surface area contributed by atoms with Crippen LogP contribution in [0.25, 0.3) is 22.2 Å². The maximum absolute atomic E-state index is 11.4. The van der Waals surface area contributed by atoms with Gasteiger partial charge in [-0.25, -0.2) is 9.47 Å². The Balaban J connectivity index is 2.42. The van der Waals surface area contributed by atoms with Crippen molar-refractivity contribution < 1.29 is 9.90 Å². The molecule has 0 saturated heterocycles. The van der Waals surface area contributed by atoms with Gasteiger partial charge in [0.25, 0.3) is 0 Å². The van der Waals surface area contributed by atoms with Gasteiger partial charge in [0.05, 0.1) is 5.56 Å². The maximum atomic E-state index is 11.4. The Bertz CT molecular complexity index is 819. The largest absolute Gasteiger partial charge is 0.478 e. The summed E-state index contributed by atoms with van der Waals surface area (Å²) in [5, 5.41) is 18.3. The van der Waals surface area contributed by atoms with Crippen LogP contribution in [0.5, 0.6) is 0 Å². The SMILES string of the molecule is Nc1nnc(-c2cccc3cccc(C(=O)O)c23)n1N. The number of benzene rings is 2. The van der Waals surface area contributed by atoms with E-state index in [-0.39, 0.29) is 11.5 Å². The summed E-state index contributed by atoms with van der Waals surface area (Å²) in [5.74, 6) is 5.14. The van der Waals surface area contributed by atoms with Crippen molar-refractivity contribution in [3.05, 3.63) is 42.0 Å². The molecule has 1 heterocycles. The first-order valence-corrected chi connectivity index (χ1v) is 5.81. The van der Waals surface area contributed by atoms with Crippen molar-refractivity contribution in [3.8, 4) is 11.4 Å². The second-order valence-electron chi connectivity index (χ2n) is 4.27. The molecule has 0 bridgehead atoms. The van der Waals surface area contributed by atoms with E-state index in [4.69, 9.17) is 11.6 Å². The summed E-state index contributed by atoms with van der Waals surface area (Å²) in [6, 6.07) is 10.4. The molecule has 0 radical (unpaired) electrons. The molecule has 2 aromatic carbocycles. The van der Waals surface area contributed by atoms with Crippen molar-refractivity contribution in [1.82, 2.24) is 14.9 Å². The average molecular weight is 269 g/mol. The van der Waals surface area contributed by atoms with E-state index >= 15 is 0 Å². The van der Waals surface area contributed by atoms with E-state index in [1.807, 2.05) is 12.1 Å². The lowest BCUT2D eigenvalue weighted by atomic mass is 9.99. The van der Waals surface area contributed by atoms with Crippen molar-refractivity contribution in [3.63, 3.8) is 0 Å². The van der Waals surface area contributed by atoms with Crippen LogP contribution in [0.15, 0.2) is 36.4 Å². The number of fused-ring (bicyclic) bond motifs is 1. The molecule has 0 atom stereocenters. The van der Waals surface area contributed by atoms with Crippen molar-refractivity contribution in [2.24, 2.45) is 0 Å². The summed E-state index contributed by atoms with van der Waals surface area (Å²) in [6.07, 6.45) is 0. The minimum atomic E-state index is -1.01. The monoisotopic (exact) mass is 269 g/mol. The lowest BCUT2D eigenvalue weighted by Crippen LogP contribution is -2.13. The number of rotatable bonds is 2. The van der Waals surface area contributed by atoms with Gasteiger partial charge < -0.3 is 16.7 Å². The molecule has 0 fully saturated rings. The number of anilines is 1. The van der Waals surface area contributed by atoms with Gasteiger partial charge in [0, 0.05) is 10.9 Å². The van der Waals surface area contributed by atoms with E-state index in [1.54, 1.807) is 18.2 Å². The number of hydrogen-bond donors (Lipinski definition) is 3. The quantitative estimate of drug-likeness (QED) is 0.599. The highest BCUT2D eigenvalue weighted by molar-refractivity contribution is 6.09. The lowest BCUT2D eigenvalue weighted by Gasteiger charge is -2.08. The minimum absolute atomic E-state index is 0.0600. The van der Waals surface area contributed by atoms with Gasteiger partial charge in [0.15, 0.2) is 5.82 Å². The van der Waals surface area contributed by atoms with Gasteiger partial charge >= 0.3 is 5.97 Å². The average Bonchev–Trinajstić information content (AvgIpc) is 2.77. The van der Waals surface area contributed by atoms with E-state index < -0.39 is 5.97 Å². The molecule has 0 amide bonds. The first-order valence-electron chi connectivity index (χ1n) is 5.81. The van der Waals surface area contributed by atoms with Gasteiger partial charge in [0.2, 0.25) is 5.95 Å². The van der Waals surface area contributed by atoms with E-state index in [0.29, 0.717) is 16.8 Å². The third-order valence-corrected chi connectivity index (χ3v) is 3.10. The van der Waals surface area contributed by atoms with E-state index in [2.05, 4.69) is 10.2 Å². The third-order valence-electron chi connectivity index (χ3n) is 3.10. The van der Waals surface area contributed by atoms with Crippen LogP contribution in [0.1, 0.15) is 10.4 Å². The fourth-order valence-corrected chi connectivity index (χ4v) is 2.19. The molecule has 20 heavy (non-hydrogen) atoms. The topological polar surface area (TPSA) is 120 Å². The molecule has 0 unspecified atom stereocenters. The first-order chi connectivity index (χ1) is 9.59. The second-order valence-corrected chi connectivity index (χ2v) is 4.27. The zero-order valence-corrected chi connectivity index (χ0v) is 10.3. The number of nitrogen functional groups attached to an aromatic ring is 2. The van der Waals surface area contributed by atoms with Gasteiger partial charge in [-0.05, 0) is 11.5 Å². The summed E-state index contributed by atoms with van der Waals surface area (Å²) in [6.45, 7) is 0. The van der Waals surface area contributed by atoms with Gasteiger partial charge in [0.1, 0.15) is 0 Å². The van der Waals surface area contributed by atoms with Crippen molar-refractivity contribution >= 4 is 22.7 Å². The molecule has 0 aliphatic rings. The molecule has 0 spiro atoms. The fraction of sp³-hybridized carbons (Fsp3) is 0. The minimum Gasteiger partial charge on any atom is -0.478 e. The third kappa shape index (κ3) is 1.64. The van der Waals surface area contributed by atoms with E-state index in [9.17, 15) is 9.90 Å². The summed E-state index contributed by atoms with van der Waals surface area (Å²) in [5.41, 5.74) is 6.32. The normalized spacial score (nSPS) is 10.8. The molecule has 100 valence electrons. The molecule has 1 aromatic heterocycles. The molecule has 0 saturated carbocycles. The van der Waals surface area contributed by atoms with Crippen LogP contribution in [-0.2, 0) is 0 Å². The van der Waals surface area contributed by atoms with Crippen LogP contribution in [0, 0.1) is 0 Å². The van der Waals surface area contributed by atoms with Crippen LogP contribution < -0.4 is 11.6 Å². The Hall–Kier alpha value is -3.09. The van der Waals surface area contributed by atoms with Gasteiger partial charge in [-0.2, -0.15) is 0 Å². The summed E-state index contributed by atoms with van der Waals surface area (Å²) < 4.78 is 1.13. The molecular weight excluding hydrogens is 258 g/mol. The number of carbonyl (C=O) groups is 1. The lowest BCUT2D eigenvalue weighted by molar-refractivity contribution is 0.0699. The number of aromatic carboxylic acids is 1. The first kappa shape index (κ1) is 12.0. The molecule has 5 N–H and O–H groups in total. The van der Waals surface area contributed by atoms with Crippen LogP contribution in [-0.4, -0.2) is 25.9 Å². The number of nitrogens with two attached hydrogens (primary N) is 2. The smallest absolute Gasteiger partial charge is 0.336 e. The van der Waals surface area contributed by atoms with Gasteiger partial charge in [-0.3, -0.25) is 0 Å². The highest BCUT2D eigenvalue weighted by Crippen LogP contribution is 2.30. The Morgan fingerprint density at radius 1 is 1.15 bits per heavy atom. The Morgan fingerprint density at radius 3 is 2.45 bits per heavy atom. The molecule has 0 aliphatic carbocycles. The Morgan fingerprint density at radius 2 is 1.85 bits per heavy atom. The predicted octanol–water partition coefficient (Wildman–Crippen LogP) is 1.09. The predicted molar refractivity (Wildman–Crippen MR) is 74.5 cm³/mol. The molecule has 0 aliphatic heterocycles. The zero-order chi connectivity index (χ0) is 14.3. The highest BCUT2D eigenvalue weighted by atomic mass is 16.4. The Labute approximate surface area is 113 Å². The number of hydrogen-bond acceptors (Lipinski definition) is 5. The number of nitrogens with zero attached hydrogens (tertiary/aromatic N) is 3. The van der Waals surface area contributed by atoms with Crippen molar-refractivity contribution in [2.45, 2.75) is 0 Å². The summed E-state index contributed by atoms with van der Waals surface area (Å²) in [7, 11) is 0. The van der Waals surface area contributed by atoms with Crippen LogP contribution >= 0.6 is 0 Å². The van der Waals surface area contributed by atoms with Crippen LogP contribution in [0.4, 0.5) is 5.95 Å². The van der Waals surface area contributed by atoms with Crippen LogP contribution in [0.3, 0.4) is 0 Å². The van der Waals surface area contributed by atoms with Gasteiger partial charge in [-0.1, -0.05) is 30.3 Å². The molecule has 7 nitrogen and oxygen atoms in total. The second kappa shape index (κ2) is 4.23. The zero-order valence-electron chi connectivity index (χ0n) is 10.3.